The Kier molecular flexibility index (Phi) is 3.22. The molecular formula is C22H15NOS. The molecule has 0 saturated heterocycles. The highest BCUT2D eigenvalue weighted by Gasteiger charge is 2.24. The van der Waals surface area contributed by atoms with Gasteiger partial charge in [0, 0.05) is 5.56 Å². The van der Waals surface area contributed by atoms with E-state index in [1.165, 1.54) is 10.8 Å². The van der Waals surface area contributed by atoms with Crippen LogP contribution in [0.3, 0.4) is 0 Å². The topological polar surface area (TPSA) is 29.1 Å². The minimum absolute atomic E-state index is 0.837. The molecule has 25 heavy (non-hydrogen) atoms. The van der Waals surface area contributed by atoms with Crippen molar-refractivity contribution in [2.45, 2.75) is 9.79 Å². The van der Waals surface area contributed by atoms with Crippen molar-refractivity contribution in [3.8, 4) is 11.1 Å². The molecule has 4 aromatic carbocycles. The van der Waals surface area contributed by atoms with Gasteiger partial charge in [-0.25, -0.2) is 4.21 Å². The Bertz CT molecular complexity index is 1140. The molecule has 4 aromatic rings. The SMILES string of the molecule is O=S1c2ccccc2Nc2c(-c3cccc4ccccc34)cccc21. The van der Waals surface area contributed by atoms with Gasteiger partial charge in [-0.2, -0.15) is 0 Å². The molecule has 0 radical (unpaired) electrons. The predicted molar refractivity (Wildman–Crippen MR) is 104 cm³/mol. The fourth-order valence-corrected chi connectivity index (χ4v) is 4.79. The highest BCUT2D eigenvalue weighted by atomic mass is 32.2. The Morgan fingerprint density at radius 3 is 2.28 bits per heavy atom. The highest BCUT2D eigenvalue weighted by Crippen LogP contribution is 2.43. The monoisotopic (exact) mass is 341 g/mol. The molecule has 0 aliphatic carbocycles. The molecule has 0 saturated carbocycles. The van der Waals surface area contributed by atoms with Crippen LogP contribution in [0.2, 0.25) is 0 Å². The summed E-state index contributed by atoms with van der Waals surface area (Å²) in [7, 11) is -1.17. The zero-order chi connectivity index (χ0) is 16.8. The van der Waals surface area contributed by atoms with Crippen molar-refractivity contribution in [1.29, 1.82) is 0 Å². The average molecular weight is 341 g/mol. The minimum Gasteiger partial charge on any atom is -0.353 e. The summed E-state index contributed by atoms with van der Waals surface area (Å²) in [4.78, 5) is 1.68. The molecule has 1 N–H and O–H groups in total. The van der Waals surface area contributed by atoms with Gasteiger partial charge in [0.15, 0.2) is 0 Å². The van der Waals surface area contributed by atoms with Gasteiger partial charge in [-0.3, -0.25) is 0 Å². The van der Waals surface area contributed by atoms with Gasteiger partial charge in [0.05, 0.1) is 32.0 Å². The summed E-state index contributed by atoms with van der Waals surface area (Å²) in [6, 6.07) is 28.5. The first-order chi connectivity index (χ1) is 12.3. The van der Waals surface area contributed by atoms with Gasteiger partial charge in [0.2, 0.25) is 0 Å². The highest BCUT2D eigenvalue weighted by molar-refractivity contribution is 7.85. The van der Waals surface area contributed by atoms with Crippen molar-refractivity contribution in [2.24, 2.45) is 0 Å². The van der Waals surface area contributed by atoms with E-state index in [2.05, 4.69) is 53.8 Å². The second kappa shape index (κ2) is 5.57. The van der Waals surface area contributed by atoms with Crippen molar-refractivity contribution in [2.75, 3.05) is 5.32 Å². The molecule has 0 amide bonds. The van der Waals surface area contributed by atoms with Gasteiger partial charge in [-0.1, -0.05) is 66.7 Å². The van der Waals surface area contributed by atoms with Crippen LogP contribution in [0.15, 0.2) is 94.7 Å². The summed E-state index contributed by atoms with van der Waals surface area (Å²) >= 11 is 0. The van der Waals surface area contributed by atoms with Crippen molar-refractivity contribution in [3.05, 3.63) is 84.9 Å². The first kappa shape index (κ1) is 14.4. The number of hydrogen-bond donors (Lipinski definition) is 1. The van der Waals surface area contributed by atoms with Gasteiger partial charge < -0.3 is 5.32 Å². The number of benzene rings is 4. The predicted octanol–water partition coefficient (Wildman–Crippen LogP) is 5.73. The Balaban J connectivity index is 1.79. The Labute approximate surface area is 148 Å². The first-order valence-electron chi connectivity index (χ1n) is 8.22. The van der Waals surface area contributed by atoms with Crippen LogP contribution in [0, 0.1) is 0 Å². The molecule has 0 bridgehead atoms. The maximum Gasteiger partial charge on any atom is 0.0892 e. The van der Waals surface area contributed by atoms with E-state index >= 15 is 0 Å². The number of hydrogen-bond acceptors (Lipinski definition) is 2. The molecule has 3 heteroatoms. The van der Waals surface area contributed by atoms with Crippen LogP contribution in [0.4, 0.5) is 11.4 Å². The molecule has 1 aliphatic rings. The third kappa shape index (κ3) is 2.20. The van der Waals surface area contributed by atoms with E-state index in [1.807, 2.05) is 36.4 Å². The van der Waals surface area contributed by atoms with Crippen LogP contribution < -0.4 is 5.32 Å². The largest absolute Gasteiger partial charge is 0.353 e. The summed E-state index contributed by atoms with van der Waals surface area (Å²) in [6.07, 6.45) is 0. The number of fused-ring (bicyclic) bond motifs is 3. The lowest BCUT2D eigenvalue weighted by molar-refractivity contribution is 0.683. The van der Waals surface area contributed by atoms with E-state index in [9.17, 15) is 4.21 Å². The fourth-order valence-electron chi connectivity index (χ4n) is 3.48. The van der Waals surface area contributed by atoms with Crippen LogP contribution >= 0.6 is 0 Å². The number of nitrogens with one attached hydrogen (secondary N) is 1. The molecular weight excluding hydrogens is 326 g/mol. The molecule has 0 spiro atoms. The summed E-state index contributed by atoms with van der Waals surface area (Å²) in [5.74, 6) is 0. The summed E-state index contributed by atoms with van der Waals surface area (Å²) < 4.78 is 13.0. The smallest absolute Gasteiger partial charge is 0.0892 e. The van der Waals surface area contributed by atoms with Gasteiger partial charge in [-0.15, -0.1) is 0 Å². The molecule has 1 atom stereocenters. The van der Waals surface area contributed by atoms with Crippen molar-refractivity contribution in [3.63, 3.8) is 0 Å². The van der Waals surface area contributed by atoms with E-state index < -0.39 is 10.8 Å². The lowest BCUT2D eigenvalue weighted by Crippen LogP contribution is -2.09. The molecule has 0 aromatic heterocycles. The average Bonchev–Trinajstić information content (AvgIpc) is 2.67. The van der Waals surface area contributed by atoms with Crippen LogP contribution in [-0.2, 0) is 10.8 Å². The van der Waals surface area contributed by atoms with Crippen LogP contribution in [-0.4, -0.2) is 4.21 Å². The van der Waals surface area contributed by atoms with Crippen molar-refractivity contribution in [1.82, 2.24) is 0 Å². The van der Waals surface area contributed by atoms with E-state index in [1.54, 1.807) is 0 Å². The number of anilines is 2. The fraction of sp³-hybridized carbons (Fsp3) is 0. The zero-order valence-electron chi connectivity index (χ0n) is 13.4. The maximum atomic E-state index is 13.0. The van der Waals surface area contributed by atoms with Gasteiger partial charge in [0.1, 0.15) is 0 Å². The molecule has 5 rings (SSSR count). The molecule has 1 aliphatic heterocycles. The summed E-state index contributed by atoms with van der Waals surface area (Å²) in [6.45, 7) is 0. The maximum absolute atomic E-state index is 13.0. The van der Waals surface area contributed by atoms with Crippen LogP contribution in [0.5, 0.6) is 0 Å². The van der Waals surface area contributed by atoms with E-state index in [0.29, 0.717) is 0 Å². The molecule has 2 nitrogen and oxygen atoms in total. The second-order valence-corrected chi connectivity index (χ2v) is 7.51. The van der Waals surface area contributed by atoms with E-state index in [4.69, 9.17) is 0 Å². The minimum atomic E-state index is -1.17. The lowest BCUT2D eigenvalue weighted by Gasteiger charge is -2.23. The summed E-state index contributed by atoms with van der Waals surface area (Å²) in [5.41, 5.74) is 4.09. The van der Waals surface area contributed by atoms with E-state index in [0.717, 1.165) is 32.3 Å². The Morgan fingerprint density at radius 1 is 0.640 bits per heavy atom. The molecule has 1 unspecified atom stereocenters. The number of rotatable bonds is 1. The third-order valence-electron chi connectivity index (χ3n) is 4.65. The van der Waals surface area contributed by atoms with E-state index in [-0.39, 0.29) is 0 Å². The van der Waals surface area contributed by atoms with Crippen LogP contribution in [0.1, 0.15) is 0 Å². The van der Waals surface area contributed by atoms with Gasteiger partial charge in [0.25, 0.3) is 0 Å². The first-order valence-corrected chi connectivity index (χ1v) is 9.37. The van der Waals surface area contributed by atoms with Gasteiger partial charge in [-0.05, 0) is 34.5 Å². The van der Waals surface area contributed by atoms with Crippen LogP contribution in [0.25, 0.3) is 21.9 Å². The third-order valence-corrected chi connectivity index (χ3v) is 6.15. The normalized spacial score (nSPS) is 15.3. The lowest BCUT2D eigenvalue weighted by atomic mass is 9.97. The quantitative estimate of drug-likeness (QED) is 0.422. The number of para-hydroxylation sites is 2. The zero-order valence-corrected chi connectivity index (χ0v) is 14.2. The Morgan fingerprint density at radius 2 is 1.32 bits per heavy atom. The van der Waals surface area contributed by atoms with Gasteiger partial charge >= 0.3 is 0 Å². The summed E-state index contributed by atoms with van der Waals surface area (Å²) in [5, 5.41) is 5.91. The Hall–Kier alpha value is -2.91. The second-order valence-electron chi connectivity index (χ2n) is 6.10. The molecule has 120 valence electrons. The van der Waals surface area contributed by atoms with Crippen molar-refractivity contribution < 1.29 is 4.21 Å². The van der Waals surface area contributed by atoms with Crippen molar-refractivity contribution >= 4 is 32.9 Å². The molecule has 1 heterocycles. The standard InChI is InChI=1S/C22H15NOS/c24-25-20-13-4-3-12-19(20)23-22-18(11-6-14-21(22)25)17-10-5-8-15-7-1-2-9-16(15)17/h1-14,23H. The molecule has 0 fully saturated rings.